The Morgan fingerprint density at radius 3 is 2.70 bits per heavy atom. The van der Waals surface area contributed by atoms with E-state index in [0.717, 1.165) is 12.2 Å². The second-order valence-electron chi connectivity index (χ2n) is 3.70. The Hall–Kier alpha value is -2.34. The van der Waals surface area contributed by atoms with Gasteiger partial charge in [-0.2, -0.15) is 0 Å². The summed E-state index contributed by atoms with van der Waals surface area (Å²) < 4.78 is 10.6. The van der Waals surface area contributed by atoms with Crippen molar-refractivity contribution in [2.24, 2.45) is 0 Å². The number of para-hydroxylation sites is 2. The highest BCUT2D eigenvalue weighted by Crippen LogP contribution is 2.23. The van der Waals surface area contributed by atoms with Crippen LogP contribution < -0.4 is 10.1 Å². The lowest BCUT2D eigenvalue weighted by Gasteiger charge is -2.11. The molecule has 6 heteroatoms. The molecule has 2 N–H and O–H groups in total. The molecule has 1 aromatic carbocycles. The molecule has 0 aromatic heterocycles. The summed E-state index contributed by atoms with van der Waals surface area (Å²) in [7, 11) is 0. The lowest BCUT2D eigenvalue weighted by molar-refractivity contribution is -0.131. The van der Waals surface area contributed by atoms with Crippen molar-refractivity contribution in [1.82, 2.24) is 0 Å². The molecule has 0 saturated carbocycles. The van der Waals surface area contributed by atoms with E-state index in [0.29, 0.717) is 31.3 Å². The topological polar surface area (TPSA) is 84.9 Å². The van der Waals surface area contributed by atoms with E-state index in [-0.39, 0.29) is 0 Å². The molecule has 108 valence electrons. The van der Waals surface area contributed by atoms with E-state index in [2.05, 4.69) is 5.32 Å². The number of amides is 1. The van der Waals surface area contributed by atoms with Crippen LogP contribution in [0.25, 0.3) is 0 Å². The predicted octanol–water partition coefficient (Wildman–Crippen LogP) is 1.68. The van der Waals surface area contributed by atoms with Gasteiger partial charge in [0, 0.05) is 18.8 Å². The molecule has 0 fully saturated rings. The molecule has 1 rings (SSSR count). The normalized spacial score (nSPS) is 10.4. The van der Waals surface area contributed by atoms with Gasteiger partial charge in [0.2, 0.25) is 5.91 Å². The minimum Gasteiger partial charge on any atom is -0.489 e. The quantitative estimate of drug-likeness (QED) is 0.558. The minimum absolute atomic E-state index is 0.367. The Morgan fingerprint density at radius 2 is 2.00 bits per heavy atom. The van der Waals surface area contributed by atoms with Crippen molar-refractivity contribution in [3.05, 3.63) is 36.4 Å². The van der Waals surface area contributed by atoms with Crippen LogP contribution in [0.3, 0.4) is 0 Å². The largest absolute Gasteiger partial charge is 0.489 e. The van der Waals surface area contributed by atoms with Gasteiger partial charge in [-0.25, -0.2) is 4.79 Å². The van der Waals surface area contributed by atoms with Crippen LogP contribution in [0.4, 0.5) is 5.69 Å². The molecule has 1 amide bonds. The van der Waals surface area contributed by atoms with Crippen LogP contribution in [0.2, 0.25) is 0 Å². The maximum Gasteiger partial charge on any atom is 0.328 e. The number of hydrogen-bond donors (Lipinski definition) is 2. The number of anilines is 1. The van der Waals surface area contributed by atoms with E-state index in [1.54, 1.807) is 24.3 Å². The summed E-state index contributed by atoms with van der Waals surface area (Å²) in [6.45, 7) is 3.33. The van der Waals surface area contributed by atoms with Crippen LogP contribution in [-0.4, -0.2) is 36.8 Å². The molecule has 0 spiro atoms. The van der Waals surface area contributed by atoms with Crippen LogP contribution in [-0.2, 0) is 14.3 Å². The number of rotatable bonds is 8. The van der Waals surface area contributed by atoms with Gasteiger partial charge in [-0.15, -0.1) is 0 Å². The molecule has 0 aliphatic rings. The number of carbonyl (C=O) groups is 2. The van der Waals surface area contributed by atoms with Crippen molar-refractivity contribution in [3.8, 4) is 5.75 Å². The third kappa shape index (κ3) is 6.01. The summed E-state index contributed by atoms with van der Waals surface area (Å²) in [6, 6.07) is 6.90. The number of carboxylic acids is 1. The number of nitrogens with one attached hydrogen (secondary N) is 1. The first-order valence-electron chi connectivity index (χ1n) is 6.15. The molecule has 0 atom stereocenters. The van der Waals surface area contributed by atoms with Gasteiger partial charge in [0.15, 0.2) is 0 Å². The first-order chi connectivity index (χ1) is 9.63. The van der Waals surface area contributed by atoms with Crippen LogP contribution in [0.15, 0.2) is 36.4 Å². The standard InChI is InChI=1S/C14H17NO5/c1-2-19-9-10-20-12-6-4-3-5-11(12)15-13(16)7-8-14(17)18/h3-8H,2,9-10H2,1H3,(H,15,16)(H,17,18)/b8-7+. The van der Waals surface area contributed by atoms with Crippen LogP contribution in [0, 0.1) is 0 Å². The lowest BCUT2D eigenvalue weighted by Crippen LogP contribution is -2.12. The number of carbonyl (C=O) groups excluding carboxylic acids is 1. The second kappa shape index (κ2) is 8.71. The number of carboxylic acid groups (broad SMARTS) is 1. The van der Waals surface area contributed by atoms with E-state index in [1.807, 2.05) is 6.92 Å². The summed E-state index contributed by atoms with van der Waals surface area (Å²) in [5, 5.41) is 11.0. The average molecular weight is 279 g/mol. The fourth-order valence-electron chi connectivity index (χ4n) is 1.37. The van der Waals surface area contributed by atoms with Crippen LogP contribution in [0.5, 0.6) is 5.75 Å². The highest BCUT2D eigenvalue weighted by atomic mass is 16.5. The van der Waals surface area contributed by atoms with Crippen molar-refractivity contribution < 1.29 is 24.2 Å². The Balaban J connectivity index is 2.60. The van der Waals surface area contributed by atoms with Crippen LogP contribution >= 0.6 is 0 Å². The number of aliphatic carboxylic acids is 1. The maximum absolute atomic E-state index is 11.5. The Bertz CT molecular complexity index is 484. The average Bonchev–Trinajstić information content (AvgIpc) is 2.43. The summed E-state index contributed by atoms with van der Waals surface area (Å²) in [5.74, 6) is -1.21. The van der Waals surface area contributed by atoms with E-state index in [9.17, 15) is 9.59 Å². The molecule has 0 aliphatic carbocycles. The van der Waals surface area contributed by atoms with E-state index in [4.69, 9.17) is 14.6 Å². The van der Waals surface area contributed by atoms with Crippen molar-refractivity contribution in [3.63, 3.8) is 0 Å². The van der Waals surface area contributed by atoms with E-state index < -0.39 is 11.9 Å². The van der Waals surface area contributed by atoms with E-state index >= 15 is 0 Å². The number of hydrogen-bond acceptors (Lipinski definition) is 4. The van der Waals surface area contributed by atoms with Gasteiger partial charge in [0.25, 0.3) is 0 Å². The molecular formula is C14H17NO5. The highest BCUT2D eigenvalue weighted by molar-refractivity contribution is 6.03. The van der Waals surface area contributed by atoms with Gasteiger partial charge in [0.1, 0.15) is 12.4 Å². The van der Waals surface area contributed by atoms with Crippen molar-refractivity contribution in [2.45, 2.75) is 6.92 Å². The number of benzene rings is 1. The van der Waals surface area contributed by atoms with E-state index in [1.165, 1.54) is 0 Å². The fraction of sp³-hybridized carbons (Fsp3) is 0.286. The molecule has 0 bridgehead atoms. The summed E-state index contributed by atoms with van der Waals surface area (Å²) in [5.41, 5.74) is 0.476. The summed E-state index contributed by atoms with van der Waals surface area (Å²) >= 11 is 0. The predicted molar refractivity (Wildman–Crippen MR) is 73.8 cm³/mol. The molecule has 0 aliphatic heterocycles. The summed E-state index contributed by atoms with van der Waals surface area (Å²) in [4.78, 5) is 21.8. The second-order valence-corrected chi connectivity index (χ2v) is 3.70. The minimum atomic E-state index is -1.18. The Kier molecular flexibility index (Phi) is 6.84. The molecule has 0 radical (unpaired) electrons. The van der Waals surface area contributed by atoms with Gasteiger partial charge in [-0.05, 0) is 19.1 Å². The molecule has 0 heterocycles. The molecule has 0 unspecified atom stereocenters. The zero-order valence-corrected chi connectivity index (χ0v) is 11.2. The smallest absolute Gasteiger partial charge is 0.328 e. The summed E-state index contributed by atoms with van der Waals surface area (Å²) in [6.07, 6.45) is 1.72. The molecule has 20 heavy (non-hydrogen) atoms. The maximum atomic E-state index is 11.5. The molecule has 0 saturated heterocycles. The Labute approximate surface area is 117 Å². The monoisotopic (exact) mass is 279 g/mol. The van der Waals surface area contributed by atoms with Crippen molar-refractivity contribution >= 4 is 17.6 Å². The van der Waals surface area contributed by atoms with Gasteiger partial charge in [-0.3, -0.25) is 4.79 Å². The number of ether oxygens (including phenoxy) is 2. The van der Waals surface area contributed by atoms with Gasteiger partial charge < -0.3 is 19.9 Å². The van der Waals surface area contributed by atoms with Crippen LogP contribution in [0.1, 0.15) is 6.92 Å². The SMILES string of the molecule is CCOCCOc1ccccc1NC(=O)/C=C/C(=O)O. The third-order valence-corrected chi connectivity index (χ3v) is 2.21. The van der Waals surface area contributed by atoms with Gasteiger partial charge in [-0.1, -0.05) is 12.1 Å². The zero-order valence-electron chi connectivity index (χ0n) is 11.2. The first kappa shape index (κ1) is 15.7. The molecular weight excluding hydrogens is 262 g/mol. The molecule has 1 aromatic rings. The molecule has 6 nitrogen and oxygen atoms in total. The first-order valence-corrected chi connectivity index (χ1v) is 6.15. The zero-order chi connectivity index (χ0) is 14.8. The van der Waals surface area contributed by atoms with Gasteiger partial charge in [0.05, 0.1) is 12.3 Å². The third-order valence-electron chi connectivity index (χ3n) is 2.21. The van der Waals surface area contributed by atoms with Crippen molar-refractivity contribution in [2.75, 3.05) is 25.1 Å². The van der Waals surface area contributed by atoms with Gasteiger partial charge >= 0.3 is 5.97 Å². The van der Waals surface area contributed by atoms with Crippen molar-refractivity contribution in [1.29, 1.82) is 0 Å². The highest BCUT2D eigenvalue weighted by Gasteiger charge is 2.05. The fourth-order valence-corrected chi connectivity index (χ4v) is 1.37. The lowest BCUT2D eigenvalue weighted by atomic mass is 10.3. The Morgan fingerprint density at radius 1 is 1.25 bits per heavy atom.